The van der Waals surface area contributed by atoms with Crippen LogP contribution in [0.1, 0.15) is 30.0 Å². The Labute approximate surface area is 83.0 Å². The molecule has 1 aromatic rings. The van der Waals surface area contributed by atoms with Crippen molar-refractivity contribution in [3.05, 3.63) is 16.1 Å². The maximum absolute atomic E-state index is 5.66. The molecule has 1 atom stereocenters. The quantitative estimate of drug-likeness (QED) is 0.727. The lowest BCUT2D eigenvalue weighted by Crippen LogP contribution is -2.21. The summed E-state index contributed by atoms with van der Waals surface area (Å²) in [6.07, 6.45) is 5.19. The van der Waals surface area contributed by atoms with E-state index in [0.29, 0.717) is 6.10 Å². The fraction of sp³-hybridized carbons (Fsp3) is 0.700. The molecule has 0 aliphatic carbocycles. The summed E-state index contributed by atoms with van der Waals surface area (Å²) in [6.45, 7) is 2.98. The Morgan fingerprint density at radius 3 is 3.15 bits per heavy atom. The number of aromatic nitrogens is 1. The lowest BCUT2D eigenvalue weighted by atomic mass is 10.1. The van der Waals surface area contributed by atoms with Crippen molar-refractivity contribution in [2.45, 2.75) is 38.7 Å². The first-order chi connectivity index (χ1) is 6.34. The van der Waals surface area contributed by atoms with Crippen LogP contribution in [0.15, 0.2) is 5.38 Å². The fourth-order valence-corrected chi connectivity index (χ4v) is 2.50. The van der Waals surface area contributed by atoms with Crippen LogP contribution in [0, 0.1) is 6.92 Å². The van der Waals surface area contributed by atoms with E-state index in [9.17, 15) is 0 Å². The van der Waals surface area contributed by atoms with E-state index in [4.69, 9.17) is 4.74 Å². The van der Waals surface area contributed by atoms with E-state index in [1.165, 1.54) is 24.3 Å². The maximum Gasteiger partial charge on any atom is 0.0953 e. The molecule has 0 radical (unpaired) electrons. The Morgan fingerprint density at radius 2 is 2.54 bits per heavy atom. The minimum atomic E-state index is 0.430. The summed E-state index contributed by atoms with van der Waals surface area (Å²) in [5.41, 5.74) is 1.14. The van der Waals surface area contributed by atoms with E-state index >= 15 is 0 Å². The maximum atomic E-state index is 5.66. The Bertz CT molecular complexity index is 266. The van der Waals surface area contributed by atoms with E-state index in [1.54, 1.807) is 11.3 Å². The number of nitrogens with zero attached hydrogens (tertiary/aromatic N) is 1. The van der Waals surface area contributed by atoms with Gasteiger partial charge in [0, 0.05) is 24.1 Å². The number of rotatable bonds is 2. The summed E-state index contributed by atoms with van der Waals surface area (Å²) in [4.78, 5) is 4.44. The number of thiazole rings is 1. The zero-order valence-electron chi connectivity index (χ0n) is 7.95. The highest BCUT2D eigenvalue weighted by atomic mass is 32.1. The molecule has 1 unspecified atom stereocenters. The van der Waals surface area contributed by atoms with Crippen LogP contribution in [-0.2, 0) is 11.2 Å². The molecule has 0 amide bonds. The molecular formula is C10H15NOS. The van der Waals surface area contributed by atoms with Crippen LogP contribution in [0.2, 0.25) is 0 Å². The number of hydrogen-bond acceptors (Lipinski definition) is 3. The molecule has 2 nitrogen and oxygen atoms in total. The highest BCUT2D eigenvalue weighted by molar-refractivity contribution is 7.09. The van der Waals surface area contributed by atoms with Gasteiger partial charge in [-0.3, -0.25) is 0 Å². The molecule has 0 saturated carbocycles. The van der Waals surface area contributed by atoms with E-state index in [2.05, 4.69) is 10.4 Å². The van der Waals surface area contributed by atoms with Crippen LogP contribution in [-0.4, -0.2) is 17.7 Å². The van der Waals surface area contributed by atoms with Crippen LogP contribution >= 0.6 is 11.3 Å². The molecule has 1 aromatic heterocycles. The zero-order valence-corrected chi connectivity index (χ0v) is 8.77. The normalized spacial score (nSPS) is 23.3. The van der Waals surface area contributed by atoms with E-state index in [0.717, 1.165) is 18.7 Å². The predicted molar refractivity (Wildman–Crippen MR) is 54.1 cm³/mol. The molecule has 13 heavy (non-hydrogen) atoms. The van der Waals surface area contributed by atoms with Gasteiger partial charge in [-0.1, -0.05) is 0 Å². The fourth-order valence-electron chi connectivity index (χ4n) is 1.66. The Morgan fingerprint density at radius 1 is 1.62 bits per heavy atom. The second-order valence-electron chi connectivity index (χ2n) is 3.58. The van der Waals surface area contributed by atoms with Gasteiger partial charge in [0.25, 0.3) is 0 Å². The Hall–Kier alpha value is -0.410. The van der Waals surface area contributed by atoms with Crippen molar-refractivity contribution in [3.8, 4) is 0 Å². The van der Waals surface area contributed by atoms with Crippen molar-refractivity contribution in [3.63, 3.8) is 0 Å². The minimum absolute atomic E-state index is 0.430. The molecule has 72 valence electrons. The van der Waals surface area contributed by atoms with Crippen molar-refractivity contribution in [2.24, 2.45) is 0 Å². The smallest absolute Gasteiger partial charge is 0.0953 e. The Kier molecular flexibility index (Phi) is 2.96. The van der Waals surface area contributed by atoms with Gasteiger partial charge < -0.3 is 4.74 Å². The minimum Gasteiger partial charge on any atom is -0.378 e. The molecular weight excluding hydrogens is 182 g/mol. The van der Waals surface area contributed by atoms with Crippen molar-refractivity contribution < 1.29 is 4.74 Å². The van der Waals surface area contributed by atoms with Crippen molar-refractivity contribution in [2.75, 3.05) is 6.61 Å². The molecule has 3 heteroatoms. The number of ether oxygens (including phenoxy) is 1. The lowest BCUT2D eigenvalue weighted by molar-refractivity contribution is 0.0167. The summed E-state index contributed by atoms with van der Waals surface area (Å²) in [7, 11) is 0. The predicted octanol–water partition coefficient (Wildman–Crippen LogP) is 2.56. The molecule has 0 N–H and O–H groups in total. The van der Waals surface area contributed by atoms with Gasteiger partial charge in [-0.25, -0.2) is 4.98 Å². The standard InChI is InChI=1S/C10H15NOS/c1-8-7-13-10(11-8)6-9-4-2-3-5-12-9/h7,9H,2-6H2,1H3. The first-order valence-corrected chi connectivity index (χ1v) is 5.75. The summed E-state index contributed by atoms with van der Waals surface area (Å²) >= 11 is 1.75. The molecule has 1 aliphatic heterocycles. The van der Waals surface area contributed by atoms with E-state index in [1.807, 2.05) is 6.92 Å². The van der Waals surface area contributed by atoms with Gasteiger partial charge in [0.15, 0.2) is 0 Å². The third-order valence-electron chi connectivity index (χ3n) is 2.34. The van der Waals surface area contributed by atoms with E-state index < -0.39 is 0 Å². The largest absolute Gasteiger partial charge is 0.378 e. The van der Waals surface area contributed by atoms with Crippen molar-refractivity contribution in [1.29, 1.82) is 0 Å². The second-order valence-corrected chi connectivity index (χ2v) is 4.52. The zero-order chi connectivity index (χ0) is 9.10. The SMILES string of the molecule is Cc1csc(CC2CCCCO2)n1. The van der Waals surface area contributed by atoms with Crippen molar-refractivity contribution in [1.82, 2.24) is 4.98 Å². The van der Waals surface area contributed by atoms with Gasteiger partial charge in [-0.2, -0.15) is 0 Å². The molecule has 0 bridgehead atoms. The highest BCUT2D eigenvalue weighted by Crippen LogP contribution is 2.19. The summed E-state index contributed by atoms with van der Waals surface area (Å²) in [5, 5.41) is 3.34. The molecule has 2 rings (SSSR count). The highest BCUT2D eigenvalue weighted by Gasteiger charge is 2.15. The first kappa shape index (κ1) is 9.16. The molecule has 2 heterocycles. The summed E-state index contributed by atoms with van der Waals surface area (Å²) in [6, 6.07) is 0. The van der Waals surface area contributed by atoms with E-state index in [-0.39, 0.29) is 0 Å². The molecule has 1 saturated heterocycles. The molecule has 0 aromatic carbocycles. The topological polar surface area (TPSA) is 22.1 Å². The molecule has 1 aliphatic rings. The summed E-state index contributed by atoms with van der Waals surface area (Å²) in [5.74, 6) is 0. The average Bonchev–Trinajstić information content (AvgIpc) is 2.53. The van der Waals surface area contributed by atoms with Gasteiger partial charge in [0.1, 0.15) is 0 Å². The van der Waals surface area contributed by atoms with Crippen LogP contribution in [0.3, 0.4) is 0 Å². The van der Waals surface area contributed by atoms with Gasteiger partial charge in [-0.05, 0) is 26.2 Å². The molecule has 1 fully saturated rings. The van der Waals surface area contributed by atoms with Crippen LogP contribution in [0.5, 0.6) is 0 Å². The lowest BCUT2D eigenvalue weighted by Gasteiger charge is -2.21. The van der Waals surface area contributed by atoms with Gasteiger partial charge >= 0.3 is 0 Å². The van der Waals surface area contributed by atoms with Crippen molar-refractivity contribution >= 4 is 11.3 Å². The third-order valence-corrected chi connectivity index (χ3v) is 3.33. The first-order valence-electron chi connectivity index (χ1n) is 4.87. The van der Waals surface area contributed by atoms with Gasteiger partial charge in [-0.15, -0.1) is 11.3 Å². The average molecular weight is 197 g/mol. The van der Waals surface area contributed by atoms with Gasteiger partial charge in [0.05, 0.1) is 11.1 Å². The molecule has 0 spiro atoms. The third kappa shape index (κ3) is 2.51. The number of aryl methyl sites for hydroxylation is 1. The van der Waals surface area contributed by atoms with Crippen LogP contribution in [0.25, 0.3) is 0 Å². The van der Waals surface area contributed by atoms with Crippen LogP contribution in [0.4, 0.5) is 0 Å². The second kappa shape index (κ2) is 4.20. The number of hydrogen-bond donors (Lipinski definition) is 0. The Balaban J connectivity index is 1.89. The monoisotopic (exact) mass is 197 g/mol. The van der Waals surface area contributed by atoms with Gasteiger partial charge in [0.2, 0.25) is 0 Å². The summed E-state index contributed by atoms with van der Waals surface area (Å²) < 4.78 is 5.66. The van der Waals surface area contributed by atoms with Crippen LogP contribution < -0.4 is 0 Å².